The number of halogens is 4. The Balaban J connectivity index is 1.38. The Hall–Kier alpha value is -4.40. The minimum absolute atomic E-state index is 0.0656. The molecule has 4 aromatic rings. The number of likely N-dealkylation sites (tertiary alicyclic amines) is 1. The molecule has 45 heavy (non-hydrogen) atoms. The van der Waals surface area contributed by atoms with Gasteiger partial charge in [0.25, 0.3) is 0 Å². The standard InChI is InChI=1S/C30H27BrF3N7O4/c1-14-5-6-23(31)37-27(14)38-28(44)20-9-29(4)10-22(29)41(20)24(43)13-40-26-19(25(39-40)15(2)42)7-17(8-21(26)45-30(32,33)34)18-11-35-16(3)36-12-18/h5-8,11-12,20,22H,9-10,13H2,1-4H3,(H,37,38,44)/t20-,22?,29-/m0/s1. The number of nitrogens with zero attached hydrogens (tertiary/aromatic N) is 6. The number of carbonyl (C=O) groups excluding carboxylic acids is 3. The van der Waals surface area contributed by atoms with E-state index in [0.29, 0.717) is 34.7 Å². The summed E-state index contributed by atoms with van der Waals surface area (Å²) in [7, 11) is 0. The van der Waals surface area contributed by atoms with Crippen molar-refractivity contribution in [2.24, 2.45) is 5.41 Å². The Morgan fingerprint density at radius 1 is 1.11 bits per heavy atom. The SMILES string of the molecule is CC(=O)c1nn(CC(=O)N2C3C[C@]3(C)C[C@H]2C(=O)Nc2nc(Br)ccc2C)c2c(OC(F)(F)F)cc(-c3cnc(C)nc3)cc12. The van der Waals surface area contributed by atoms with Gasteiger partial charge in [0.1, 0.15) is 40.0 Å². The lowest BCUT2D eigenvalue weighted by atomic mass is 10.0. The van der Waals surface area contributed by atoms with E-state index in [-0.39, 0.29) is 33.6 Å². The van der Waals surface area contributed by atoms with E-state index in [4.69, 9.17) is 0 Å². The molecule has 3 atom stereocenters. The van der Waals surface area contributed by atoms with Crippen molar-refractivity contribution in [3.8, 4) is 16.9 Å². The highest BCUT2D eigenvalue weighted by atomic mass is 79.9. The lowest BCUT2D eigenvalue weighted by Gasteiger charge is -2.27. The average molecular weight is 686 g/mol. The lowest BCUT2D eigenvalue weighted by Crippen LogP contribution is -2.47. The van der Waals surface area contributed by atoms with Gasteiger partial charge in [-0.2, -0.15) is 5.10 Å². The van der Waals surface area contributed by atoms with Crippen molar-refractivity contribution in [3.63, 3.8) is 0 Å². The lowest BCUT2D eigenvalue weighted by molar-refractivity contribution is -0.274. The van der Waals surface area contributed by atoms with Crippen molar-refractivity contribution in [1.29, 1.82) is 0 Å². The summed E-state index contributed by atoms with van der Waals surface area (Å²) in [6.07, 6.45) is -1.11. The number of rotatable bonds is 7. The van der Waals surface area contributed by atoms with Crippen LogP contribution in [0.4, 0.5) is 19.0 Å². The number of pyridine rings is 1. The number of piperidine rings is 1. The van der Waals surface area contributed by atoms with Crippen LogP contribution in [0.5, 0.6) is 5.75 Å². The maximum atomic E-state index is 13.9. The van der Waals surface area contributed by atoms with E-state index in [1.165, 1.54) is 30.3 Å². The summed E-state index contributed by atoms with van der Waals surface area (Å²) in [5.74, 6) is -1.32. The predicted octanol–water partition coefficient (Wildman–Crippen LogP) is 5.39. The first-order chi connectivity index (χ1) is 21.1. The first-order valence-corrected chi connectivity index (χ1v) is 14.8. The van der Waals surface area contributed by atoms with Gasteiger partial charge in [0, 0.05) is 36.3 Å². The van der Waals surface area contributed by atoms with Crippen molar-refractivity contribution in [2.75, 3.05) is 5.32 Å². The molecule has 0 bridgehead atoms. The molecule has 2 fully saturated rings. The molecule has 0 spiro atoms. The Morgan fingerprint density at radius 3 is 2.49 bits per heavy atom. The molecule has 11 nitrogen and oxygen atoms in total. The molecule has 1 saturated carbocycles. The molecule has 2 amide bonds. The number of Topliss-reactive ketones (excluding diaryl/α,β-unsaturated/α-hetero) is 1. The Kier molecular flexibility index (Phi) is 7.41. The number of carbonyl (C=O) groups is 3. The molecule has 1 aliphatic heterocycles. The van der Waals surface area contributed by atoms with Gasteiger partial charge in [-0.15, -0.1) is 13.2 Å². The number of ketones is 1. The number of aromatic nitrogens is 5. The zero-order valence-electron chi connectivity index (χ0n) is 24.6. The van der Waals surface area contributed by atoms with Crippen molar-refractivity contribution in [1.82, 2.24) is 29.6 Å². The number of nitrogens with one attached hydrogen (secondary N) is 1. The van der Waals surface area contributed by atoms with Crippen molar-refractivity contribution >= 4 is 50.2 Å². The quantitative estimate of drug-likeness (QED) is 0.202. The first-order valence-electron chi connectivity index (χ1n) is 14.0. The smallest absolute Gasteiger partial charge is 0.403 e. The zero-order valence-corrected chi connectivity index (χ0v) is 26.2. The van der Waals surface area contributed by atoms with Crippen LogP contribution in [0.15, 0.2) is 41.3 Å². The summed E-state index contributed by atoms with van der Waals surface area (Å²) in [6.45, 7) is 6.14. The van der Waals surface area contributed by atoms with Crippen LogP contribution in [0, 0.1) is 19.3 Å². The van der Waals surface area contributed by atoms with Gasteiger partial charge in [0.05, 0.1) is 0 Å². The second-order valence-corrected chi connectivity index (χ2v) is 12.5. The minimum atomic E-state index is -5.09. The van der Waals surface area contributed by atoms with Crippen molar-refractivity contribution in [3.05, 3.63) is 58.3 Å². The summed E-state index contributed by atoms with van der Waals surface area (Å²) in [4.78, 5) is 54.1. The van der Waals surface area contributed by atoms with E-state index in [0.717, 1.165) is 16.3 Å². The fraction of sp³-hybridized carbons (Fsp3) is 0.367. The largest absolute Gasteiger partial charge is 0.573 e. The van der Waals surface area contributed by atoms with Gasteiger partial charge in [0.15, 0.2) is 11.5 Å². The number of hydrogen-bond acceptors (Lipinski definition) is 8. The number of fused-ring (bicyclic) bond motifs is 2. The van der Waals surface area contributed by atoms with Crippen LogP contribution >= 0.6 is 15.9 Å². The number of amides is 2. The van der Waals surface area contributed by atoms with Gasteiger partial charge in [-0.25, -0.2) is 15.0 Å². The molecule has 3 aromatic heterocycles. The monoisotopic (exact) mass is 685 g/mol. The van der Waals surface area contributed by atoms with Gasteiger partial charge in [-0.1, -0.05) is 13.0 Å². The third kappa shape index (κ3) is 5.88. The molecule has 1 aromatic carbocycles. The molecule has 4 heterocycles. The Morgan fingerprint density at radius 2 is 1.82 bits per heavy atom. The highest BCUT2D eigenvalue weighted by molar-refractivity contribution is 9.10. The fourth-order valence-electron chi connectivity index (χ4n) is 5.97. The molecule has 15 heteroatoms. The van der Waals surface area contributed by atoms with Crippen molar-refractivity contribution < 1.29 is 32.3 Å². The van der Waals surface area contributed by atoms with Crippen LogP contribution in [-0.4, -0.2) is 65.7 Å². The van der Waals surface area contributed by atoms with Crippen LogP contribution in [-0.2, 0) is 16.1 Å². The molecule has 2 aliphatic rings. The van der Waals surface area contributed by atoms with Crippen molar-refractivity contribution in [2.45, 2.75) is 65.5 Å². The zero-order chi connectivity index (χ0) is 32.4. The van der Waals surface area contributed by atoms with Gasteiger partial charge in [0.2, 0.25) is 11.8 Å². The summed E-state index contributed by atoms with van der Waals surface area (Å²) in [5, 5.41) is 7.16. The molecule has 6 rings (SSSR count). The van der Waals surface area contributed by atoms with Crippen LogP contribution in [0.25, 0.3) is 22.0 Å². The molecule has 1 N–H and O–H groups in total. The number of hydrogen-bond donors (Lipinski definition) is 1. The highest BCUT2D eigenvalue weighted by Crippen LogP contribution is 2.59. The van der Waals surface area contributed by atoms with E-state index >= 15 is 0 Å². The highest BCUT2D eigenvalue weighted by Gasteiger charge is 2.64. The molecule has 1 aliphatic carbocycles. The molecule has 234 valence electrons. The van der Waals surface area contributed by atoms with Crippen LogP contribution in [0.1, 0.15) is 48.6 Å². The van der Waals surface area contributed by atoms with E-state index in [9.17, 15) is 27.6 Å². The summed E-state index contributed by atoms with van der Waals surface area (Å²) in [5.41, 5.74) is 0.785. The van der Waals surface area contributed by atoms with Gasteiger partial charge < -0.3 is 15.0 Å². The molecule has 0 radical (unpaired) electrons. The number of anilines is 1. The molecular formula is C30H27BrF3N7O4. The van der Waals surface area contributed by atoms with Crippen LogP contribution in [0.3, 0.4) is 0 Å². The molecule has 1 saturated heterocycles. The van der Waals surface area contributed by atoms with Crippen LogP contribution in [0.2, 0.25) is 0 Å². The van der Waals surface area contributed by atoms with E-state index in [1.807, 2.05) is 6.92 Å². The summed E-state index contributed by atoms with van der Waals surface area (Å²) >= 11 is 3.30. The third-order valence-corrected chi connectivity index (χ3v) is 8.74. The Labute approximate surface area is 263 Å². The van der Waals surface area contributed by atoms with E-state index in [2.05, 4.69) is 46.0 Å². The maximum Gasteiger partial charge on any atom is 0.573 e. The second-order valence-electron chi connectivity index (χ2n) is 11.7. The first kappa shape index (κ1) is 30.6. The number of alkyl halides is 3. The number of benzene rings is 1. The number of ether oxygens (including phenoxy) is 1. The second kappa shape index (κ2) is 10.9. The predicted molar refractivity (Wildman–Crippen MR) is 159 cm³/mol. The van der Waals surface area contributed by atoms with Crippen LogP contribution < -0.4 is 10.1 Å². The number of aryl methyl sites for hydroxylation is 2. The molecular weight excluding hydrogens is 659 g/mol. The van der Waals surface area contributed by atoms with E-state index in [1.54, 1.807) is 26.0 Å². The summed E-state index contributed by atoms with van der Waals surface area (Å²) in [6, 6.07) is 5.10. The van der Waals surface area contributed by atoms with E-state index < -0.39 is 42.3 Å². The Bertz CT molecular complexity index is 1880. The normalized spacial score (nSPS) is 20.7. The summed E-state index contributed by atoms with van der Waals surface area (Å²) < 4.78 is 47.0. The average Bonchev–Trinajstić information content (AvgIpc) is 3.31. The fourth-order valence-corrected chi connectivity index (χ4v) is 6.28. The molecule has 1 unspecified atom stereocenters. The minimum Gasteiger partial charge on any atom is -0.403 e. The topological polar surface area (TPSA) is 132 Å². The van der Waals surface area contributed by atoms with Gasteiger partial charge in [-0.05, 0) is 77.4 Å². The third-order valence-electron chi connectivity index (χ3n) is 8.30. The van der Waals surface area contributed by atoms with Gasteiger partial charge in [-0.3, -0.25) is 19.1 Å². The maximum absolute atomic E-state index is 13.9. The van der Waals surface area contributed by atoms with Gasteiger partial charge >= 0.3 is 6.36 Å².